The van der Waals surface area contributed by atoms with Crippen molar-refractivity contribution in [3.63, 3.8) is 0 Å². The first-order valence-electron chi connectivity index (χ1n) is 7.66. The van der Waals surface area contributed by atoms with E-state index in [1.165, 1.54) is 0 Å². The van der Waals surface area contributed by atoms with Crippen molar-refractivity contribution >= 4 is 17.9 Å². The highest BCUT2D eigenvalue weighted by atomic mass is 16.5. The molecular weight excluding hydrogens is 302 g/mol. The summed E-state index contributed by atoms with van der Waals surface area (Å²) in [6, 6.07) is 0. The number of ether oxygens (including phenoxy) is 1. The number of carbonyl (C=O) groups is 3. The summed E-state index contributed by atoms with van der Waals surface area (Å²) in [5.41, 5.74) is 0. The van der Waals surface area contributed by atoms with Crippen LogP contribution in [0.25, 0.3) is 0 Å². The van der Waals surface area contributed by atoms with E-state index >= 15 is 0 Å². The highest BCUT2D eigenvalue weighted by molar-refractivity contribution is 5.71. The maximum absolute atomic E-state index is 11.8. The molecule has 0 spiro atoms. The Bertz CT molecular complexity index is 425. The average molecular weight is 329 g/mol. The van der Waals surface area contributed by atoms with Crippen molar-refractivity contribution in [2.75, 3.05) is 27.7 Å². The number of hydrogen-bond acceptors (Lipinski definition) is 5. The maximum atomic E-state index is 11.8. The third-order valence-electron chi connectivity index (χ3n) is 2.90. The first-order chi connectivity index (χ1) is 10.6. The normalized spacial score (nSPS) is 13.0. The molecule has 132 valence electrons. The molecule has 0 amide bonds. The van der Waals surface area contributed by atoms with Gasteiger partial charge in [-0.15, -0.1) is 0 Å². The zero-order valence-corrected chi connectivity index (χ0v) is 14.1. The Balaban J connectivity index is 4.05. The van der Waals surface area contributed by atoms with Crippen LogP contribution in [-0.2, 0) is 19.1 Å². The van der Waals surface area contributed by atoms with E-state index in [1.807, 2.05) is 21.1 Å². The molecule has 23 heavy (non-hydrogen) atoms. The average Bonchev–Trinajstić information content (AvgIpc) is 2.34. The lowest BCUT2D eigenvalue weighted by Gasteiger charge is -2.29. The van der Waals surface area contributed by atoms with Gasteiger partial charge in [0.15, 0.2) is 6.10 Å². The quantitative estimate of drug-likeness (QED) is 0.240. The van der Waals surface area contributed by atoms with Crippen LogP contribution in [0, 0.1) is 0 Å². The fraction of sp³-hybridized carbons (Fsp3) is 0.688. The number of allylic oxidation sites excluding steroid dienone is 1. The maximum Gasteiger partial charge on any atom is 0.307 e. The van der Waals surface area contributed by atoms with E-state index in [9.17, 15) is 19.5 Å². The number of carboxylic acids is 2. The van der Waals surface area contributed by atoms with Gasteiger partial charge in [-0.3, -0.25) is 9.59 Å². The van der Waals surface area contributed by atoms with Crippen molar-refractivity contribution < 1.29 is 33.8 Å². The molecule has 1 atom stereocenters. The molecule has 7 nitrogen and oxygen atoms in total. The first-order valence-corrected chi connectivity index (χ1v) is 7.66. The van der Waals surface area contributed by atoms with Gasteiger partial charge in [0.2, 0.25) is 0 Å². The van der Waals surface area contributed by atoms with Crippen molar-refractivity contribution in [1.29, 1.82) is 0 Å². The molecule has 1 N–H and O–H groups in total. The van der Waals surface area contributed by atoms with Crippen LogP contribution in [0.2, 0.25) is 0 Å². The van der Waals surface area contributed by atoms with Crippen LogP contribution >= 0.6 is 0 Å². The van der Waals surface area contributed by atoms with Gasteiger partial charge in [0.1, 0.15) is 6.54 Å². The van der Waals surface area contributed by atoms with Crippen molar-refractivity contribution in [2.24, 2.45) is 0 Å². The smallest absolute Gasteiger partial charge is 0.307 e. The van der Waals surface area contributed by atoms with Crippen LogP contribution in [-0.4, -0.2) is 61.3 Å². The predicted octanol–water partition coefficient (Wildman–Crippen LogP) is 0.336. The monoisotopic (exact) mass is 329 g/mol. The van der Waals surface area contributed by atoms with Gasteiger partial charge < -0.3 is 24.2 Å². The van der Waals surface area contributed by atoms with Gasteiger partial charge in [0.05, 0.1) is 27.6 Å². The van der Waals surface area contributed by atoms with Crippen molar-refractivity contribution in [2.45, 2.75) is 44.6 Å². The van der Waals surface area contributed by atoms with E-state index in [1.54, 1.807) is 12.2 Å². The Morgan fingerprint density at radius 3 is 2.35 bits per heavy atom. The molecule has 1 unspecified atom stereocenters. The van der Waals surface area contributed by atoms with Crippen molar-refractivity contribution in [3.05, 3.63) is 12.2 Å². The molecule has 0 saturated heterocycles. The van der Waals surface area contributed by atoms with E-state index in [0.29, 0.717) is 23.9 Å². The summed E-state index contributed by atoms with van der Waals surface area (Å²) in [7, 11) is 5.67. The lowest BCUT2D eigenvalue weighted by Crippen LogP contribution is -2.45. The largest absolute Gasteiger partial charge is 0.550 e. The Labute approximate surface area is 137 Å². The number of unbranched alkanes of at least 4 members (excludes halogenated alkanes) is 2. The molecule has 0 heterocycles. The number of esters is 1. The Hall–Kier alpha value is -1.89. The van der Waals surface area contributed by atoms with Crippen LogP contribution in [0.4, 0.5) is 0 Å². The molecule has 0 rings (SSSR count). The second-order valence-electron chi connectivity index (χ2n) is 6.48. The third kappa shape index (κ3) is 14.8. The minimum Gasteiger partial charge on any atom is -0.550 e. The second kappa shape index (κ2) is 10.8. The Morgan fingerprint density at radius 2 is 1.83 bits per heavy atom. The summed E-state index contributed by atoms with van der Waals surface area (Å²) in [6.07, 6.45) is 4.62. The summed E-state index contributed by atoms with van der Waals surface area (Å²) < 4.78 is 5.71. The van der Waals surface area contributed by atoms with Crippen LogP contribution < -0.4 is 5.11 Å². The fourth-order valence-electron chi connectivity index (χ4n) is 2.02. The van der Waals surface area contributed by atoms with Crippen molar-refractivity contribution in [3.8, 4) is 0 Å². The summed E-state index contributed by atoms with van der Waals surface area (Å²) >= 11 is 0. The zero-order valence-electron chi connectivity index (χ0n) is 14.1. The van der Waals surface area contributed by atoms with Gasteiger partial charge in [-0.25, -0.2) is 0 Å². The van der Waals surface area contributed by atoms with Gasteiger partial charge >= 0.3 is 11.9 Å². The van der Waals surface area contributed by atoms with E-state index in [0.717, 1.165) is 6.42 Å². The van der Waals surface area contributed by atoms with Gasteiger partial charge in [-0.05, 0) is 19.3 Å². The number of rotatable bonds is 12. The lowest BCUT2D eigenvalue weighted by molar-refractivity contribution is -0.873. The molecule has 0 bridgehead atoms. The van der Waals surface area contributed by atoms with Crippen LogP contribution in [0.1, 0.15) is 38.5 Å². The number of nitrogens with zero attached hydrogens (tertiary/aromatic N) is 1. The van der Waals surface area contributed by atoms with Gasteiger partial charge in [-0.1, -0.05) is 12.2 Å². The SMILES string of the molecule is C[N+](C)(C)CC(CC(=O)[O-])OC(=O)CCCC/C=C/CC(=O)O. The Kier molecular flexibility index (Phi) is 9.89. The number of quaternary nitrogens is 1. The second-order valence-corrected chi connectivity index (χ2v) is 6.48. The molecule has 0 aliphatic rings. The molecular formula is C16H27NO6. The fourth-order valence-corrected chi connectivity index (χ4v) is 2.02. The number of likely N-dealkylation sites (N-methyl/N-ethyl adjacent to an activating group) is 1. The number of hydrogen-bond donors (Lipinski definition) is 1. The predicted molar refractivity (Wildman–Crippen MR) is 82.3 cm³/mol. The molecule has 0 saturated carbocycles. The third-order valence-corrected chi connectivity index (χ3v) is 2.90. The number of aliphatic carboxylic acids is 2. The molecule has 7 heteroatoms. The van der Waals surface area contributed by atoms with Gasteiger partial charge in [0, 0.05) is 18.8 Å². The van der Waals surface area contributed by atoms with E-state index in [2.05, 4.69) is 0 Å². The molecule has 0 radical (unpaired) electrons. The number of carbonyl (C=O) groups excluding carboxylic acids is 2. The summed E-state index contributed by atoms with van der Waals surface area (Å²) in [6.45, 7) is 0.400. The highest BCUT2D eigenvalue weighted by Crippen LogP contribution is 2.08. The van der Waals surface area contributed by atoms with E-state index in [-0.39, 0.29) is 19.3 Å². The molecule has 0 aliphatic carbocycles. The molecule has 0 aromatic rings. The molecule has 0 fully saturated rings. The summed E-state index contributed by atoms with van der Waals surface area (Å²) in [5.74, 6) is -2.53. The molecule has 0 aromatic heterocycles. The molecule has 0 aliphatic heterocycles. The number of carboxylic acid groups (broad SMARTS) is 2. The van der Waals surface area contributed by atoms with E-state index in [4.69, 9.17) is 9.84 Å². The molecule has 0 aromatic carbocycles. The van der Waals surface area contributed by atoms with Gasteiger partial charge in [0.25, 0.3) is 0 Å². The lowest BCUT2D eigenvalue weighted by atomic mass is 10.1. The minimum absolute atomic E-state index is 0.00199. The van der Waals surface area contributed by atoms with Crippen LogP contribution in [0.5, 0.6) is 0 Å². The zero-order chi connectivity index (χ0) is 17.9. The van der Waals surface area contributed by atoms with Crippen LogP contribution in [0.15, 0.2) is 12.2 Å². The first kappa shape index (κ1) is 21.1. The topological polar surface area (TPSA) is 104 Å². The van der Waals surface area contributed by atoms with Crippen LogP contribution in [0.3, 0.4) is 0 Å². The Morgan fingerprint density at radius 1 is 1.17 bits per heavy atom. The standard InChI is InChI=1S/C16H27NO6/c1-17(2,3)12-13(11-15(20)21)23-16(22)10-8-6-4-5-7-9-14(18)19/h5,7,13H,4,6,8-12H2,1-3H3,(H-,18,19,20,21)/b7-5+. The minimum atomic E-state index is -1.24. The summed E-state index contributed by atoms with van der Waals surface area (Å²) in [4.78, 5) is 32.8. The van der Waals surface area contributed by atoms with Crippen molar-refractivity contribution in [1.82, 2.24) is 0 Å². The van der Waals surface area contributed by atoms with Gasteiger partial charge in [-0.2, -0.15) is 0 Å². The summed E-state index contributed by atoms with van der Waals surface area (Å²) in [5, 5.41) is 19.2. The highest BCUT2D eigenvalue weighted by Gasteiger charge is 2.22. The van der Waals surface area contributed by atoms with E-state index < -0.39 is 24.0 Å².